The van der Waals surface area contributed by atoms with Gasteiger partial charge in [-0.25, -0.2) is 0 Å². The van der Waals surface area contributed by atoms with Gasteiger partial charge in [0.05, 0.1) is 24.8 Å². The van der Waals surface area contributed by atoms with E-state index in [1.165, 1.54) is 0 Å². The standard InChI is InChI=1S/C17H24N2O3/c1-21-15-5-3-2-4-13(15)17(20)19-14-8-11-22-16(14)12-6-9-18-10-7-12/h2-5,12,14,16,18H,6-11H2,1H3,(H,19,20)/t14-,16+/m1/s1. The van der Waals surface area contributed by atoms with Gasteiger partial charge in [-0.05, 0) is 50.4 Å². The summed E-state index contributed by atoms with van der Waals surface area (Å²) in [5.41, 5.74) is 0.584. The van der Waals surface area contributed by atoms with Crippen LogP contribution < -0.4 is 15.4 Å². The maximum atomic E-state index is 12.5. The van der Waals surface area contributed by atoms with Gasteiger partial charge in [-0.3, -0.25) is 4.79 Å². The number of carbonyl (C=O) groups excluding carboxylic acids is 1. The largest absolute Gasteiger partial charge is 0.496 e. The molecule has 1 amide bonds. The molecular weight excluding hydrogens is 280 g/mol. The van der Waals surface area contributed by atoms with E-state index >= 15 is 0 Å². The lowest BCUT2D eigenvalue weighted by Gasteiger charge is -2.31. The maximum absolute atomic E-state index is 12.5. The van der Waals surface area contributed by atoms with Crippen LogP contribution in [0, 0.1) is 5.92 Å². The van der Waals surface area contributed by atoms with Crippen molar-refractivity contribution < 1.29 is 14.3 Å². The van der Waals surface area contributed by atoms with Gasteiger partial charge in [-0.15, -0.1) is 0 Å². The van der Waals surface area contributed by atoms with Crippen molar-refractivity contribution in [2.45, 2.75) is 31.4 Å². The molecule has 2 N–H and O–H groups in total. The van der Waals surface area contributed by atoms with Crippen LogP contribution in [0.4, 0.5) is 0 Å². The average Bonchev–Trinajstić information content (AvgIpc) is 3.03. The molecule has 2 fully saturated rings. The number of para-hydroxylation sites is 1. The lowest BCUT2D eigenvalue weighted by Crippen LogP contribution is -2.46. The number of benzene rings is 1. The number of hydrogen-bond donors (Lipinski definition) is 2. The van der Waals surface area contributed by atoms with Gasteiger partial charge in [0.25, 0.3) is 5.91 Å². The SMILES string of the molecule is COc1ccccc1C(=O)N[C@@H]1CCO[C@H]1C1CCNCC1. The summed E-state index contributed by atoms with van der Waals surface area (Å²) in [6.07, 6.45) is 3.26. The molecule has 120 valence electrons. The zero-order chi connectivity index (χ0) is 15.4. The van der Waals surface area contributed by atoms with Crippen molar-refractivity contribution in [2.75, 3.05) is 26.8 Å². The molecule has 3 rings (SSSR count). The van der Waals surface area contributed by atoms with Crippen LogP contribution in [0.1, 0.15) is 29.6 Å². The number of nitrogens with one attached hydrogen (secondary N) is 2. The van der Waals surface area contributed by atoms with E-state index in [9.17, 15) is 4.79 Å². The first-order chi connectivity index (χ1) is 10.8. The van der Waals surface area contributed by atoms with Gasteiger partial charge in [0.2, 0.25) is 0 Å². The highest BCUT2D eigenvalue weighted by molar-refractivity contribution is 5.97. The van der Waals surface area contributed by atoms with E-state index in [0.717, 1.165) is 39.0 Å². The Kier molecular flexibility index (Phi) is 4.95. The molecule has 1 aromatic rings. The molecule has 0 bridgehead atoms. The normalized spacial score (nSPS) is 25.9. The monoisotopic (exact) mass is 304 g/mol. The number of ether oxygens (including phenoxy) is 2. The van der Waals surface area contributed by atoms with Crippen molar-refractivity contribution in [1.82, 2.24) is 10.6 Å². The molecule has 2 aliphatic rings. The van der Waals surface area contributed by atoms with Crippen LogP contribution >= 0.6 is 0 Å². The molecule has 2 aliphatic heterocycles. The summed E-state index contributed by atoms with van der Waals surface area (Å²) in [4.78, 5) is 12.5. The van der Waals surface area contributed by atoms with Crippen molar-refractivity contribution in [3.8, 4) is 5.75 Å². The minimum Gasteiger partial charge on any atom is -0.496 e. The second-order valence-electron chi connectivity index (χ2n) is 5.99. The van der Waals surface area contributed by atoms with Crippen LogP contribution in [0.25, 0.3) is 0 Å². The molecule has 0 unspecified atom stereocenters. The van der Waals surface area contributed by atoms with Crippen LogP contribution in [0.5, 0.6) is 5.75 Å². The fourth-order valence-electron chi connectivity index (χ4n) is 3.48. The Hall–Kier alpha value is -1.59. The van der Waals surface area contributed by atoms with Crippen LogP contribution in [0.2, 0.25) is 0 Å². The van der Waals surface area contributed by atoms with E-state index in [1.807, 2.05) is 18.2 Å². The van der Waals surface area contributed by atoms with Crippen LogP contribution in [-0.2, 0) is 4.74 Å². The molecule has 2 saturated heterocycles. The number of rotatable bonds is 4. The highest BCUT2D eigenvalue weighted by Gasteiger charge is 2.36. The zero-order valence-electron chi connectivity index (χ0n) is 13.0. The summed E-state index contributed by atoms with van der Waals surface area (Å²) < 4.78 is 11.2. The molecule has 2 heterocycles. The molecular formula is C17H24N2O3. The lowest BCUT2D eigenvalue weighted by molar-refractivity contribution is 0.0369. The molecule has 2 atom stereocenters. The minimum absolute atomic E-state index is 0.0770. The summed E-state index contributed by atoms with van der Waals surface area (Å²) in [5, 5.41) is 6.53. The Bertz CT molecular complexity index is 514. The van der Waals surface area contributed by atoms with E-state index in [2.05, 4.69) is 10.6 Å². The molecule has 0 saturated carbocycles. The van der Waals surface area contributed by atoms with Crippen LogP contribution in [-0.4, -0.2) is 44.9 Å². The maximum Gasteiger partial charge on any atom is 0.255 e. The van der Waals surface area contributed by atoms with Crippen molar-refractivity contribution in [3.63, 3.8) is 0 Å². The van der Waals surface area contributed by atoms with Gasteiger partial charge in [0.1, 0.15) is 5.75 Å². The third kappa shape index (κ3) is 3.25. The fraction of sp³-hybridized carbons (Fsp3) is 0.588. The van der Waals surface area contributed by atoms with E-state index < -0.39 is 0 Å². The highest BCUT2D eigenvalue weighted by atomic mass is 16.5. The minimum atomic E-state index is -0.0770. The molecule has 22 heavy (non-hydrogen) atoms. The summed E-state index contributed by atoms with van der Waals surface area (Å²) >= 11 is 0. The number of piperidine rings is 1. The Morgan fingerprint density at radius 3 is 2.82 bits per heavy atom. The third-order valence-corrected chi connectivity index (χ3v) is 4.65. The van der Waals surface area contributed by atoms with Crippen molar-refractivity contribution in [1.29, 1.82) is 0 Å². The first kappa shape index (κ1) is 15.3. The Morgan fingerprint density at radius 1 is 1.27 bits per heavy atom. The Balaban J connectivity index is 1.67. The second kappa shape index (κ2) is 7.11. The number of methoxy groups -OCH3 is 1. The van der Waals surface area contributed by atoms with Gasteiger partial charge in [-0.1, -0.05) is 12.1 Å². The van der Waals surface area contributed by atoms with Gasteiger partial charge in [0, 0.05) is 6.61 Å². The summed E-state index contributed by atoms with van der Waals surface area (Å²) in [6.45, 7) is 2.81. The van der Waals surface area contributed by atoms with Crippen molar-refractivity contribution in [2.24, 2.45) is 5.92 Å². The molecule has 0 aliphatic carbocycles. The van der Waals surface area contributed by atoms with Gasteiger partial charge >= 0.3 is 0 Å². The predicted molar refractivity (Wildman–Crippen MR) is 84.2 cm³/mol. The van der Waals surface area contributed by atoms with Gasteiger partial charge in [-0.2, -0.15) is 0 Å². The Labute approximate surface area is 131 Å². The molecule has 0 spiro atoms. The topological polar surface area (TPSA) is 59.6 Å². The number of amides is 1. The first-order valence-corrected chi connectivity index (χ1v) is 8.06. The molecule has 1 aromatic carbocycles. The van der Waals surface area contributed by atoms with Crippen molar-refractivity contribution >= 4 is 5.91 Å². The fourth-order valence-corrected chi connectivity index (χ4v) is 3.48. The van der Waals surface area contributed by atoms with E-state index in [1.54, 1.807) is 13.2 Å². The smallest absolute Gasteiger partial charge is 0.255 e. The number of carbonyl (C=O) groups is 1. The van der Waals surface area contributed by atoms with E-state index in [0.29, 0.717) is 17.2 Å². The number of hydrogen-bond acceptors (Lipinski definition) is 4. The highest BCUT2D eigenvalue weighted by Crippen LogP contribution is 2.28. The molecule has 0 radical (unpaired) electrons. The lowest BCUT2D eigenvalue weighted by atomic mass is 9.88. The summed E-state index contributed by atoms with van der Waals surface area (Å²) in [6, 6.07) is 7.42. The van der Waals surface area contributed by atoms with Gasteiger partial charge < -0.3 is 20.1 Å². The quantitative estimate of drug-likeness (QED) is 0.887. The second-order valence-corrected chi connectivity index (χ2v) is 5.99. The van der Waals surface area contributed by atoms with Crippen molar-refractivity contribution in [3.05, 3.63) is 29.8 Å². The molecule has 5 nitrogen and oxygen atoms in total. The average molecular weight is 304 g/mol. The summed E-state index contributed by atoms with van der Waals surface area (Å²) in [5.74, 6) is 1.07. The van der Waals surface area contributed by atoms with Gasteiger partial charge in [0.15, 0.2) is 0 Å². The van der Waals surface area contributed by atoms with Crippen LogP contribution in [0.15, 0.2) is 24.3 Å². The first-order valence-electron chi connectivity index (χ1n) is 8.06. The van der Waals surface area contributed by atoms with Crippen LogP contribution in [0.3, 0.4) is 0 Å². The molecule has 5 heteroatoms. The zero-order valence-corrected chi connectivity index (χ0v) is 13.0. The molecule has 0 aromatic heterocycles. The summed E-state index contributed by atoms with van der Waals surface area (Å²) in [7, 11) is 1.59. The third-order valence-electron chi connectivity index (χ3n) is 4.65. The predicted octanol–water partition coefficient (Wildman–Crippen LogP) is 1.58. The Morgan fingerprint density at radius 2 is 2.05 bits per heavy atom. The van der Waals surface area contributed by atoms with E-state index in [4.69, 9.17) is 9.47 Å². The van der Waals surface area contributed by atoms with E-state index in [-0.39, 0.29) is 18.1 Å².